The second-order valence-electron chi connectivity index (χ2n) is 5.36. The molecule has 1 aromatic carbocycles. The summed E-state index contributed by atoms with van der Waals surface area (Å²) in [5.41, 5.74) is 6.73. The molecule has 0 saturated carbocycles. The molecule has 0 aromatic heterocycles. The predicted octanol–water partition coefficient (Wildman–Crippen LogP) is 2.43. The van der Waals surface area contributed by atoms with Crippen LogP contribution >= 0.6 is 0 Å². The van der Waals surface area contributed by atoms with E-state index >= 15 is 0 Å². The quantitative estimate of drug-likeness (QED) is 0.818. The summed E-state index contributed by atoms with van der Waals surface area (Å²) in [7, 11) is 0. The summed E-state index contributed by atoms with van der Waals surface area (Å²) in [6, 6.07) is 5.44. The second kappa shape index (κ2) is 4.52. The molecule has 1 heterocycles. The molecule has 2 rings (SSSR count). The molecule has 4 heteroatoms. The van der Waals surface area contributed by atoms with Crippen LogP contribution in [0.25, 0.3) is 0 Å². The zero-order valence-electron chi connectivity index (χ0n) is 11.2. The van der Waals surface area contributed by atoms with Gasteiger partial charge in [0.15, 0.2) is 0 Å². The van der Waals surface area contributed by atoms with Crippen LogP contribution in [-0.2, 0) is 4.79 Å². The summed E-state index contributed by atoms with van der Waals surface area (Å²) in [4.78, 5) is 14.3. The van der Waals surface area contributed by atoms with Gasteiger partial charge in [-0.25, -0.2) is 0 Å². The lowest BCUT2D eigenvalue weighted by atomic mass is 9.93. The van der Waals surface area contributed by atoms with Crippen LogP contribution in [0.5, 0.6) is 5.75 Å². The van der Waals surface area contributed by atoms with Crippen molar-refractivity contribution in [2.24, 2.45) is 5.41 Å². The van der Waals surface area contributed by atoms with Crippen LogP contribution < -0.4 is 15.4 Å². The molecule has 0 aliphatic carbocycles. The molecule has 4 nitrogen and oxygen atoms in total. The van der Waals surface area contributed by atoms with Gasteiger partial charge in [-0.2, -0.15) is 0 Å². The van der Waals surface area contributed by atoms with Gasteiger partial charge in [0.25, 0.3) is 0 Å². The molecule has 1 aliphatic heterocycles. The number of ether oxygens (including phenoxy) is 1. The Morgan fingerprint density at radius 2 is 2.17 bits per heavy atom. The number of hydrogen-bond donors (Lipinski definition) is 1. The number of nitrogen functional groups attached to an aromatic ring is 1. The Balaban J connectivity index is 2.50. The van der Waals surface area contributed by atoms with Crippen molar-refractivity contribution in [2.45, 2.75) is 27.2 Å². The fourth-order valence-corrected chi connectivity index (χ4v) is 2.11. The number of nitrogens with zero attached hydrogens (tertiary/aromatic N) is 1. The van der Waals surface area contributed by atoms with Gasteiger partial charge in [-0.3, -0.25) is 4.79 Å². The van der Waals surface area contributed by atoms with Crippen LogP contribution in [0.15, 0.2) is 18.2 Å². The Kier molecular flexibility index (Phi) is 3.20. The van der Waals surface area contributed by atoms with Gasteiger partial charge in [-0.1, -0.05) is 6.92 Å². The topological polar surface area (TPSA) is 55.6 Å². The number of carbonyl (C=O) groups is 1. The second-order valence-corrected chi connectivity index (χ2v) is 5.36. The van der Waals surface area contributed by atoms with Crippen LogP contribution in [0.3, 0.4) is 0 Å². The van der Waals surface area contributed by atoms with E-state index in [1.165, 1.54) is 0 Å². The summed E-state index contributed by atoms with van der Waals surface area (Å²) in [5.74, 6) is 0.824. The van der Waals surface area contributed by atoms with Gasteiger partial charge in [-0.15, -0.1) is 0 Å². The van der Waals surface area contributed by atoms with E-state index < -0.39 is 5.41 Å². The number of hydrogen-bond acceptors (Lipinski definition) is 3. The molecule has 1 amide bonds. The first kappa shape index (κ1) is 12.7. The van der Waals surface area contributed by atoms with Crippen molar-refractivity contribution in [3.8, 4) is 5.75 Å². The minimum atomic E-state index is -0.511. The maximum atomic E-state index is 12.5. The third-order valence-electron chi connectivity index (χ3n) is 3.13. The van der Waals surface area contributed by atoms with E-state index in [9.17, 15) is 4.79 Å². The smallest absolute Gasteiger partial charge is 0.236 e. The molecule has 0 fully saturated rings. The highest BCUT2D eigenvalue weighted by Crippen LogP contribution is 2.37. The van der Waals surface area contributed by atoms with Crippen molar-refractivity contribution in [1.82, 2.24) is 0 Å². The number of rotatable bonds is 2. The van der Waals surface area contributed by atoms with E-state index in [0.717, 1.165) is 17.9 Å². The molecule has 1 aromatic rings. The van der Waals surface area contributed by atoms with Crippen molar-refractivity contribution in [2.75, 3.05) is 23.8 Å². The minimum Gasteiger partial charge on any atom is -0.490 e. The van der Waals surface area contributed by atoms with Crippen molar-refractivity contribution in [1.29, 1.82) is 0 Å². The number of benzene rings is 1. The fourth-order valence-electron chi connectivity index (χ4n) is 2.11. The number of carbonyl (C=O) groups excluding carboxylic acids is 1. The van der Waals surface area contributed by atoms with Gasteiger partial charge in [0, 0.05) is 12.2 Å². The highest BCUT2D eigenvalue weighted by Gasteiger charge is 2.37. The first-order valence-electron chi connectivity index (χ1n) is 6.30. The van der Waals surface area contributed by atoms with E-state index in [4.69, 9.17) is 10.5 Å². The summed E-state index contributed by atoms with van der Waals surface area (Å²) in [6.45, 7) is 6.95. The molecule has 0 atom stereocenters. The lowest BCUT2D eigenvalue weighted by molar-refractivity contribution is -0.127. The zero-order valence-corrected chi connectivity index (χ0v) is 11.2. The van der Waals surface area contributed by atoms with Gasteiger partial charge >= 0.3 is 0 Å². The van der Waals surface area contributed by atoms with E-state index in [1.807, 2.05) is 26.0 Å². The molecule has 18 heavy (non-hydrogen) atoms. The molecule has 0 radical (unpaired) electrons. The summed E-state index contributed by atoms with van der Waals surface area (Å²) in [6.07, 6.45) is 0.899. The molecule has 98 valence electrons. The van der Waals surface area contributed by atoms with Crippen LogP contribution in [0.1, 0.15) is 27.2 Å². The Morgan fingerprint density at radius 1 is 1.44 bits per heavy atom. The fraction of sp³-hybridized carbons (Fsp3) is 0.500. The SMILES string of the molecule is CCCN1C(=O)C(C)(C)COc2ccc(N)cc21. The highest BCUT2D eigenvalue weighted by molar-refractivity contribution is 5.99. The van der Waals surface area contributed by atoms with Crippen molar-refractivity contribution in [3.05, 3.63) is 18.2 Å². The predicted molar refractivity (Wildman–Crippen MR) is 72.8 cm³/mol. The Bertz CT molecular complexity index is 469. The van der Waals surface area contributed by atoms with E-state index in [-0.39, 0.29) is 5.91 Å². The molecule has 0 unspecified atom stereocenters. The molecular weight excluding hydrogens is 228 g/mol. The largest absolute Gasteiger partial charge is 0.490 e. The van der Waals surface area contributed by atoms with Crippen LogP contribution in [-0.4, -0.2) is 19.1 Å². The van der Waals surface area contributed by atoms with Gasteiger partial charge in [0.2, 0.25) is 5.91 Å². The number of anilines is 2. The molecule has 2 N–H and O–H groups in total. The molecule has 0 spiro atoms. The Hall–Kier alpha value is -1.71. The Labute approximate surface area is 108 Å². The average molecular weight is 248 g/mol. The molecular formula is C14H20N2O2. The third kappa shape index (κ3) is 2.15. The summed E-state index contributed by atoms with van der Waals surface area (Å²) in [5, 5.41) is 0. The third-order valence-corrected chi connectivity index (χ3v) is 3.13. The minimum absolute atomic E-state index is 0.0914. The number of nitrogens with two attached hydrogens (primary N) is 1. The summed E-state index contributed by atoms with van der Waals surface area (Å²) >= 11 is 0. The molecule has 1 aliphatic rings. The highest BCUT2D eigenvalue weighted by atomic mass is 16.5. The maximum absolute atomic E-state index is 12.5. The van der Waals surface area contributed by atoms with Gasteiger partial charge in [-0.05, 0) is 38.5 Å². The van der Waals surface area contributed by atoms with E-state index in [2.05, 4.69) is 6.92 Å². The number of amides is 1. The lowest BCUT2D eigenvalue weighted by Crippen LogP contribution is -2.42. The van der Waals surface area contributed by atoms with E-state index in [1.54, 1.807) is 11.0 Å². The normalized spacial score (nSPS) is 17.9. The van der Waals surface area contributed by atoms with Gasteiger partial charge < -0.3 is 15.4 Å². The molecule has 0 saturated heterocycles. The van der Waals surface area contributed by atoms with Crippen LogP contribution in [0.4, 0.5) is 11.4 Å². The Morgan fingerprint density at radius 3 is 2.83 bits per heavy atom. The van der Waals surface area contributed by atoms with Crippen LogP contribution in [0.2, 0.25) is 0 Å². The van der Waals surface area contributed by atoms with E-state index in [0.29, 0.717) is 18.8 Å². The average Bonchev–Trinajstić information content (AvgIpc) is 2.41. The lowest BCUT2D eigenvalue weighted by Gasteiger charge is -2.27. The van der Waals surface area contributed by atoms with Gasteiger partial charge in [0.1, 0.15) is 12.4 Å². The first-order valence-corrected chi connectivity index (χ1v) is 6.30. The standard InChI is InChI=1S/C14H20N2O2/c1-4-7-16-11-8-10(15)5-6-12(11)18-9-14(2,3)13(16)17/h5-6,8H,4,7,9,15H2,1-3H3. The first-order chi connectivity index (χ1) is 8.45. The van der Waals surface area contributed by atoms with Crippen molar-refractivity contribution in [3.63, 3.8) is 0 Å². The van der Waals surface area contributed by atoms with Crippen molar-refractivity contribution < 1.29 is 9.53 Å². The monoisotopic (exact) mass is 248 g/mol. The summed E-state index contributed by atoms with van der Waals surface area (Å²) < 4.78 is 5.75. The zero-order chi connectivity index (χ0) is 13.3. The maximum Gasteiger partial charge on any atom is 0.236 e. The number of fused-ring (bicyclic) bond motifs is 1. The van der Waals surface area contributed by atoms with Crippen LogP contribution in [0, 0.1) is 5.41 Å². The molecule has 0 bridgehead atoms. The van der Waals surface area contributed by atoms with Gasteiger partial charge in [0.05, 0.1) is 11.1 Å². The van der Waals surface area contributed by atoms with Crippen molar-refractivity contribution >= 4 is 17.3 Å².